The summed E-state index contributed by atoms with van der Waals surface area (Å²) in [5, 5.41) is 0.577. The molecular formula is C22H23N3O3. The lowest BCUT2D eigenvalue weighted by Crippen LogP contribution is -2.32. The van der Waals surface area contributed by atoms with Crippen molar-refractivity contribution in [2.45, 2.75) is 31.8 Å². The second kappa shape index (κ2) is 7.84. The summed E-state index contributed by atoms with van der Waals surface area (Å²) in [5.41, 5.74) is 1.66. The van der Waals surface area contributed by atoms with Gasteiger partial charge in [0.25, 0.3) is 5.56 Å². The first-order valence-electron chi connectivity index (χ1n) is 9.55. The number of methoxy groups -OCH3 is 1. The molecule has 0 saturated carbocycles. The van der Waals surface area contributed by atoms with E-state index in [4.69, 9.17) is 4.74 Å². The number of hydrogen-bond acceptors (Lipinski definition) is 4. The first-order chi connectivity index (χ1) is 13.7. The van der Waals surface area contributed by atoms with Crippen LogP contribution in [0.5, 0.6) is 5.75 Å². The van der Waals surface area contributed by atoms with Gasteiger partial charge in [-0.3, -0.25) is 14.2 Å². The van der Waals surface area contributed by atoms with Crippen molar-refractivity contribution in [1.29, 1.82) is 0 Å². The largest absolute Gasteiger partial charge is 0.497 e. The number of aryl methyl sites for hydroxylation is 1. The van der Waals surface area contributed by atoms with Gasteiger partial charge in [-0.15, -0.1) is 0 Å². The fraction of sp³-hybridized carbons (Fsp3) is 0.318. The number of ether oxygens (including phenoxy) is 1. The minimum absolute atomic E-state index is 0.0605. The minimum atomic E-state index is -0.107. The van der Waals surface area contributed by atoms with E-state index in [0.29, 0.717) is 17.4 Å². The number of fused-ring (bicyclic) bond motifs is 1. The molecule has 3 aromatic rings. The standard InChI is InChI=1S/C22H23N3O3/c1-28-17-7-4-6-16(14-17)20-10-5-12-25(20)21(26)11-13-24-15-23-19-9-3-2-8-18(19)22(24)27/h2-4,6-9,14-15,20H,5,10-13H2,1H3. The molecular weight excluding hydrogens is 354 g/mol. The number of rotatable bonds is 5. The van der Waals surface area contributed by atoms with Crippen molar-refractivity contribution in [1.82, 2.24) is 14.5 Å². The van der Waals surface area contributed by atoms with E-state index in [9.17, 15) is 9.59 Å². The number of carbonyl (C=O) groups excluding carboxylic acids is 1. The van der Waals surface area contributed by atoms with Crippen LogP contribution in [0.3, 0.4) is 0 Å². The van der Waals surface area contributed by atoms with Crippen LogP contribution >= 0.6 is 0 Å². The topological polar surface area (TPSA) is 64.4 Å². The molecule has 6 nitrogen and oxygen atoms in total. The van der Waals surface area contributed by atoms with Crippen LogP contribution in [-0.2, 0) is 11.3 Å². The van der Waals surface area contributed by atoms with Crippen LogP contribution in [0.4, 0.5) is 0 Å². The van der Waals surface area contributed by atoms with Crippen LogP contribution in [0.2, 0.25) is 0 Å². The van der Waals surface area contributed by atoms with Crippen LogP contribution in [0.25, 0.3) is 10.9 Å². The van der Waals surface area contributed by atoms with E-state index >= 15 is 0 Å². The maximum absolute atomic E-state index is 12.9. The lowest BCUT2D eigenvalue weighted by atomic mass is 10.0. The average molecular weight is 377 g/mol. The molecule has 0 aliphatic carbocycles. The molecule has 6 heteroatoms. The molecule has 1 unspecified atom stereocenters. The van der Waals surface area contributed by atoms with E-state index in [0.717, 1.165) is 30.7 Å². The summed E-state index contributed by atoms with van der Waals surface area (Å²) in [6.07, 6.45) is 3.73. The summed E-state index contributed by atoms with van der Waals surface area (Å²) in [4.78, 5) is 31.7. The number of aromatic nitrogens is 2. The highest BCUT2D eigenvalue weighted by molar-refractivity contribution is 5.78. The second-order valence-electron chi connectivity index (χ2n) is 7.03. The third kappa shape index (κ3) is 3.50. The Kier molecular flexibility index (Phi) is 5.10. The lowest BCUT2D eigenvalue weighted by molar-refractivity contribution is -0.132. The zero-order chi connectivity index (χ0) is 19.5. The summed E-state index contributed by atoms with van der Waals surface area (Å²) in [6.45, 7) is 1.07. The van der Waals surface area contributed by atoms with Gasteiger partial charge in [-0.1, -0.05) is 24.3 Å². The summed E-state index contributed by atoms with van der Waals surface area (Å²) in [6, 6.07) is 15.2. The number of hydrogen-bond donors (Lipinski definition) is 0. The van der Waals surface area contributed by atoms with E-state index < -0.39 is 0 Å². The highest BCUT2D eigenvalue weighted by atomic mass is 16.5. The monoisotopic (exact) mass is 377 g/mol. The van der Waals surface area contributed by atoms with Crippen molar-refractivity contribution in [2.24, 2.45) is 0 Å². The van der Waals surface area contributed by atoms with Crippen molar-refractivity contribution in [2.75, 3.05) is 13.7 Å². The molecule has 2 heterocycles. The van der Waals surface area contributed by atoms with Crippen LogP contribution in [0.15, 0.2) is 59.7 Å². The van der Waals surface area contributed by atoms with Gasteiger partial charge in [-0.2, -0.15) is 0 Å². The van der Waals surface area contributed by atoms with Gasteiger partial charge < -0.3 is 9.64 Å². The van der Waals surface area contributed by atoms with E-state index in [-0.39, 0.29) is 23.9 Å². The fourth-order valence-corrected chi connectivity index (χ4v) is 3.89. The normalized spacial score (nSPS) is 16.5. The number of amides is 1. The molecule has 1 amide bonds. The third-order valence-electron chi connectivity index (χ3n) is 5.35. The highest BCUT2D eigenvalue weighted by Crippen LogP contribution is 2.33. The Morgan fingerprint density at radius 3 is 2.93 bits per heavy atom. The maximum atomic E-state index is 12.9. The van der Waals surface area contributed by atoms with Gasteiger partial charge in [0.2, 0.25) is 5.91 Å². The van der Waals surface area contributed by atoms with Gasteiger partial charge in [-0.25, -0.2) is 4.98 Å². The highest BCUT2D eigenvalue weighted by Gasteiger charge is 2.29. The number of likely N-dealkylation sites (tertiary alicyclic amines) is 1. The molecule has 4 rings (SSSR count). The second-order valence-corrected chi connectivity index (χ2v) is 7.03. The predicted octanol–water partition coefficient (Wildman–Crippen LogP) is 3.16. The minimum Gasteiger partial charge on any atom is -0.497 e. The van der Waals surface area contributed by atoms with E-state index in [2.05, 4.69) is 4.98 Å². The fourth-order valence-electron chi connectivity index (χ4n) is 3.89. The summed E-state index contributed by atoms with van der Waals surface area (Å²) in [7, 11) is 1.64. The molecule has 2 aromatic carbocycles. The van der Waals surface area contributed by atoms with Crippen LogP contribution in [0.1, 0.15) is 30.9 Å². The van der Waals surface area contributed by atoms with Crippen LogP contribution in [0, 0.1) is 0 Å². The molecule has 0 bridgehead atoms. The van der Waals surface area contributed by atoms with Gasteiger partial charge in [0.1, 0.15) is 5.75 Å². The van der Waals surface area contributed by atoms with E-state index in [1.807, 2.05) is 47.4 Å². The Labute approximate surface area is 163 Å². The molecule has 1 aliphatic heterocycles. The third-order valence-corrected chi connectivity index (χ3v) is 5.35. The zero-order valence-electron chi connectivity index (χ0n) is 15.9. The average Bonchev–Trinajstić information content (AvgIpc) is 3.23. The Morgan fingerprint density at radius 2 is 2.07 bits per heavy atom. The van der Waals surface area contributed by atoms with Crippen LogP contribution in [-0.4, -0.2) is 34.0 Å². The first-order valence-corrected chi connectivity index (χ1v) is 9.55. The van der Waals surface area contributed by atoms with Gasteiger partial charge >= 0.3 is 0 Å². The number of benzene rings is 2. The van der Waals surface area contributed by atoms with Gasteiger partial charge in [0.15, 0.2) is 0 Å². The predicted molar refractivity (Wildman–Crippen MR) is 107 cm³/mol. The maximum Gasteiger partial charge on any atom is 0.261 e. The SMILES string of the molecule is COc1cccc(C2CCCN2C(=O)CCn2cnc3ccccc3c2=O)c1. The Balaban J connectivity index is 1.49. The van der Waals surface area contributed by atoms with Gasteiger partial charge in [0, 0.05) is 19.5 Å². The molecule has 28 heavy (non-hydrogen) atoms. The van der Waals surface area contributed by atoms with Gasteiger partial charge in [0.05, 0.1) is 30.4 Å². The van der Waals surface area contributed by atoms with Crippen molar-refractivity contribution in [3.63, 3.8) is 0 Å². The molecule has 0 radical (unpaired) electrons. The smallest absolute Gasteiger partial charge is 0.261 e. The Bertz CT molecular complexity index is 1060. The van der Waals surface area contributed by atoms with Crippen molar-refractivity contribution < 1.29 is 9.53 Å². The summed E-state index contributed by atoms with van der Waals surface area (Å²) < 4.78 is 6.84. The Hall–Kier alpha value is -3.15. The molecule has 1 aromatic heterocycles. The molecule has 1 atom stereocenters. The number of para-hydroxylation sites is 1. The number of nitrogens with zero attached hydrogens (tertiary/aromatic N) is 3. The van der Waals surface area contributed by atoms with Crippen LogP contribution < -0.4 is 10.3 Å². The molecule has 1 saturated heterocycles. The molecule has 0 N–H and O–H groups in total. The van der Waals surface area contributed by atoms with Crippen molar-refractivity contribution in [3.05, 3.63) is 70.8 Å². The van der Waals surface area contributed by atoms with Gasteiger partial charge in [-0.05, 0) is 42.7 Å². The molecule has 1 aliphatic rings. The van der Waals surface area contributed by atoms with E-state index in [1.165, 1.54) is 10.9 Å². The summed E-state index contributed by atoms with van der Waals surface area (Å²) in [5.74, 6) is 0.857. The zero-order valence-corrected chi connectivity index (χ0v) is 15.9. The lowest BCUT2D eigenvalue weighted by Gasteiger charge is -2.25. The van der Waals surface area contributed by atoms with Crippen molar-refractivity contribution >= 4 is 16.8 Å². The number of carbonyl (C=O) groups is 1. The summed E-state index contributed by atoms with van der Waals surface area (Å²) >= 11 is 0. The molecule has 1 fully saturated rings. The molecule has 144 valence electrons. The van der Waals surface area contributed by atoms with Crippen molar-refractivity contribution in [3.8, 4) is 5.75 Å². The first kappa shape index (κ1) is 18.2. The Morgan fingerprint density at radius 1 is 1.21 bits per heavy atom. The van der Waals surface area contributed by atoms with E-state index in [1.54, 1.807) is 13.2 Å². The quantitative estimate of drug-likeness (QED) is 0.685. The molecule has 0 spiro atoms.